The molecule has 1 N–H and O–H groups in total. The van der Waals surface area contributed by atoms with Crippen molar-refractivity contribution in [3.63, 3.8) is 0 Å². The first-order chi connectivity index (χ1) is 12.7. The molecule has 4 rings (SSSR count). The van der Waals surface area contributed by atoms with Crippen molar-refractivity contribution in [3.05, 3.63) is 29.4 Å². The molecule has 26 heavy (non-hydrogen) atoms. The van der Waals surface area contributed by atoms with E-state index in [2.05, 4.69) is 15.3 Å². The second-order valence-corrected chi connectivity index (χ2v) is 7.86. The average molecular weight is 377 g/mol. The van der Waals surface area contributed by atoms with Crippen LogP contribution in [0.2, 0.25) is 5.02 Å². The summed E-state index contributed by atoms with van der Waals surface area (Å²) in [4.78, 5) is 14.8. The number of rotatable bonds is 7. The van der Waals surface area contributed by atoms with Crippen LogP contribution in [-0.4, -0.2) is 60.0 Å². The minimum Gasteiger partial charge on any atom is -0.379 e. The number of benzene rings is 1. The first kappa shape index (κ1) is 17.8. The number of nitrogens with zero attached hydrogens (tertiary/aromatic N) is 3. The van der Waals surface area contributed by atoms with E-state index in [4.69, 9.17) is 16.3 Å². The topological polar surface area (TPSA) is 59.4 Å². The Balaban J connectivity index is 1.26. The number of ether oxygens (including phenoxy) is 1. The second-order valence-electron chi connectivity index (χ2n) is 7.46. The van der Waals surface area contributed by atoms with Crippen LogP contribution in [0.1, 0.15) is 19.3 Å². The summed E-state index contributed by atoms with van der Waals surface area (Å²) < 4.78 is 7.26. The molecule has 2 heterocycles. The van der Waals surface area contributed by atoms with Crippen molar-refractivity contribution in [2.24, 2.45) is 5.41 Å². The summed E-state index contributed by atoms with van der Waals surface area (Å²) in [5.74, 6) is 0.0870. The summed E-state index contributed by atoms with van der Waals surface area (Å²) in [5.41, 5.74) is 1.25. The maximum atomic E-state index is 12.3. The number of carbonyl (C=O) groups is 1. The van der Waals surface area contributed by atoms with Gasteiger partial charge >= 0.3 is 0 Å². The zero-order valence-electron chi connectivity index (χ0n) is 14.9. The van der Waals surface area contributed by atoms with Gasteiger partial charge in [0.1, 0.15) is 0 Å². The van der Waals surface area contributed by atoms with Gasteiger partial charge in [0.2, 0.25) is 5.91 Å². The van der Waals surface area contributed by atoms with Gasteiger partial charge in [0, 0.05) is 43.4 Å². The minimum absolute atomic E-state index is 0.0870. The highest BCUT2D eigenvalue weighted by Gasteiger charge is 2.44. The molecule has 0 unspecified atom stereocenters. The number of fused-ring (bicyclic) bond motifs is 1. The fourth-order valence-electron chi connectivity index (χ4n) is 3.63. The predicted molar refractivity (Wildman–Crippen MR) is 101 cm³/mol. The van der Waals surface area contributed by atoms with Crippen molar-refractivity contribution in [3.8, 4) is 0 Å². The van der Waals surface area contributed by atoms with E-state index in [1.165, 1.54) is 12.8 Å². The van der Waals surface area contributed by atoms with E-state index in [0.717, 1.165) is 50.3 Å². The van der Waals surface area contributed by atoms with Crippen LogP contribution in [0.3, 0.4) is 0 Å². The number of hydrogen-bond acceptors (Lipinski definition) is 4. The molecule has 1 aliphatic carbocycles. The first-order valence-electron chi connectivity index (χ1n) is 9.32. The molecule has 2 fully saturated rings. The van der Waals surface area contributed by atoms with Gasteiger partial charge in [-0.2, -0.15) is 5.10 Å². The number of morpholine rings is 1. The molecule has 1 saturated heterocycles. The smallest absolute Gasteiger partial charge is 0.221 e. The number of aromatic nitrogens is 2. The zero-order chi connectivity index (χ0) is 18.0. The lowest BCUT2D eigenvalue weighted by Gasteiger charge is -2.30. The van der Waals surface area contributed by atoms with Crippen molar-refractivity contribution in [1.29, 1.82) is 0 Å². The Morgan fingerprint density at radius 3 is 2.88 bits per heavy atom. The lowest BCUT2D eigenvalue weighted by molar-refractivity contribution is -0.121. The van der Waals surface area contributed by atoms with Crippen LogP contribution in [0.5, 0.6) is 0 Å². The zero-order valence-corrected chi connectivity index (χ0v) is 15.7. The van der Waals surface area contributed by atoms with Crippen LogP contribution in [0.15, 0.2) is 24.4 Å². The van der Waals surface area contributed by atoms with Crippen LogP contribution in [0, 0.1) is 5.41 Å². The highest BCUT2D eigenvalue weighted by molar-refractivity contribution is 6.35. The molecule has 2 aromatic rings. The molecule has 7 heteroatoms. The van der Waals surface area contributed by atoms with Gasteiger partial charge in [-0.1, -0.05) is 17.7 Å². The molecule has 1 amide bonds. The van der Waals surface area contributed by atoms with Gasteiger partial charge < -0.3 is 10.1 Å². The normalized spacial score (nSPS) is 19.6. The van der Waals surface area contributed by atoms with Crippen molar-refractivity contribution in [2.45, 2.75) is 25.8 Å². The van der Waals surface area contributed by atoms with Crippen molar-refractivity contribution in [2.75, 3.05) is 39.4 Å². The Morgan fingerprint density at radius 2 is 2.12 bits per heavy atom. The summed E-state index contributed by atoms with van der Waals surface area (Å²) in [6.07, 6.45) is 4.59. The molecule has 1 aromatic heterocycles. The average Bonchev–Trinajstić information content (AvgIpc) is 3.28. The van der Waals surface area contributed by atoms with E-state index >= 15 is 0 Å². The molecule has 0 bridgehead atoms. The van der Waals surface area contributed by atoms with E-state index in [1.54, 1.807) is 6.20 Å². The summed E-state index contributed by atoms with van der Waals surface area (Å²) >= 11 is 6.18. The maximum Gasteiger partial charge on any atom is 0.221 e. The van der Waals surface area contributed by atoms with Crippen LogP contribution >= 0.6 is 11.6 Å². The first-order valence-corrected chi connectivity index (χ1v) is 9.70. The molecule has 1 aliphatic heterocycles. The molecule has 140 valence electrons. The molecule has 6 nitrogen and oxygen atoms in total. The van der Waals surface area contributed by atoms with Crippen LogP contribution in [0.25, 0.3) is 10.9 Å². The molecule has 1 aromatic carbocycles. The van der Waals surface area contributed by atoms with Crippen LogP contribution in [0.4, 0.5) is 0 Å². The lowest BCUT2D eigenvalue weighted by Crippen LogP contribution is -2.43. The number of halogens is 1. The van der Waals surface area contributed by atoms with E-state index in [-0.39, 0.29) is 11.3 Å². The van der Waals surface area contributed by atoms with E-state index in [0.29, 0.717) is 18.0 Å². The third-order valence-corrected chi connectivity index (χ3v) is 5.79. The molecular formula is C19H25ClN4O2. The van der Waals surface area contributed by atoms with Crippen molar-refractivity contribution >= 4 is 28.4 Å². The summed E-state index contributed by atoms with van der Waals surface area (Å²) in [7, 11) is 0. The van der Waals surface area contributed by atoms with Gasteiger partial charge in [-0.05, 0) is 25.0 Å². The second kappa shape index (κ2) is 7.55. The van der Waals surface area contributed by atoms with Crippen molar-refractivity contribution in [1.82, 2.24) is 20.0 Å². The number of hydrogen-bond donors (Lipinski definition) is 1. The van der Waals surface area contributed by atoms with Gasteiger partial charge in [0.25, 0.3) is 0 Å². The third-order valence-electron chi connectivity index (χ3n) is 5.47. The van der Waals surface area contributed by atoms with Crippen LogP contribution in [-0.2, 0) is 16.1 Å². The monoisotopic (exact) mass is 376 g/mol. The van der Waals surface area contributed by atoms with Gasteiger partial charge in [-0.25, -0.2) is 0 Å². The van der Waals surface area contributed by atoms with Gasteiger partial charge in [-0.15, -0.1) is 0 Å². The number of amides is 1. The lowest BCUT2D eigenvalue weighted by atomic mass is 10.1. The van der Waals surface area contributed by atoms with E-state index in [9.17, 15) is 4.79 Å². The van der Waals surface area contributed by atoms with E-state index < -0.39 is 0 Å². The summed E-state index contributed by atoms with van der Waals surface area (Å²) in [6, 6.07) is 5.74. The number of aryl methyl sites for hydroxylation is 1. The number of nitrogens with one attached hydrogen (secondary N) is 1. The van der Waals surface area contributed by atoms with Crippen LogP contribution < -0.4 is 5.32 Å². The molecular weight excluding hydrogens is 352 g/mol. The molecule has 2 aliphatic rings. The van der Waals surface area contributed by atoms with Gasteiger partial charge in [0.05, 0.1) is 36.5 Å². The SMILES string of the molecule is O=C(CCn1ncc2c(Cl)cccc21)NCC1(CN2CCOCC2)CC1. The van der Waals surface area contributed by atoms with Gasteiger partial charge in [0.15, 0.2) is 0 Å². The Labute approximate surface area is 158 Å². The predicted octanol–water partition coefficient (Wildman–Crippen LogP) is 2.31. The minimum atomic E-state index is 0.0870. The molecule has 0 radical (unpaired) electrons. The van der Waals surface area contributed by atoms with E-state index in [1.807, 2.05) is 22.9 Å². The molecule has 1 saturated carbocycles. The Morgan fingerprint density at radius 1 is 1.31 bits per heavy atom. The highest BCUT2D eigenvalue weighted by Crippen LogP contribution is 2.45. The standard InChI is InChI=1S/C19H25ClN4O2/c20-16-2-1-3-17-15(16)12-22-24(17)7-4-18(25)21-13-19(5-6-19)14-23-8-10-26-11-9-23/h1-3,12H,4-11,13-14H2,(H,21,25). The quantitative estimate of drug-likeness (QED) is 0.805. The van der Waals surface area contributed by atoms with Crippen molar-refractivity contribution < 1.29 is 9.53 Å². The molecule has 0 atom stereocenters. The largest absolute Gasteiger partial charge is 0.379 e. The fourth-order valence-corrected chi connectivity index (χ4v) is 3.85. The molecule has 0 spiro atoms. The summed E-state index contributed by atoms with van der Waals surface area (Å²) in [6.45, 7) is 6.06. The highest BCUT2D eigenvalue weighted by atomic mass is 35.5. The summed E-state index contributed by atoms with van der Waals surface area (Å²) in [5, 5.41) is 9.11. The van der Waals surface area contributed by atoms with Gasteiger partial charge in [-0.3, -0.25) is 14.4 Å². The third kappa shape index (κ3) is 4.03. The number of carbonyl (C=O) groups excluding carboxylic acids is 1. The Hall–Kier alpha value is -1.63. The Bertz CT molecular complexity index is 781. The maximum absolute atomic E-state index is 12.3. The Kier molecular flexibility index (Phi) is 5.16. The fraction of sp³-hybridized carbons (Fsp3) is 0.579.